The highest BCUT2D eigenvalue weighted by Crippen LogP contribution is 2.23. The van der Waals surface area contributed by atoms with E-state index in [0.717, 1.165) is 17.5 Å². The minimum Gasteiger partial charge on any atom is -0.484 e. The van der Waals surface area contributed by atoms with Crippen LogP contribution >= 0.6 is 23.2 Å². The summed E-state index contributed by atoms with van der Waals surface area (Å²) >= 11 is 12.3. The standard InChI is InChI=1S/C24H30Cl2N2O3/c1-6-17(4)27-24(30)18(5)28(13-19-7-8-20(25)12-22(19)26)23(29)14-31-21-10-15(2)9-16(3)11-21/h7-12,17-18H,6,13-14H2,1-5H3,(H,27,30). The summed E-state index contributed by atoms with van der Waals surface area (Å²) < 4.78 is 5.75. The predicted octanol–water partition coefficient (Wildman–Crippen LogP) is 5.32. The van der Waals surface area contributed by atoms with Gasteiger partial charge in [0.25, 0.3) is 5.91 Å². The van der Waals surface area contributed by atoms with Crippen molar-refractivity contribution in [1.29, 1.82) is 0 Å². The van der Waals surface area contributed by atoms with E-state index in [0.29, 0.717) is 21.4 Å². The third kappa shape index (κ3) is 7.44. The molecule has 5 nitrogen and oxygen atoms in total. The average molecular weight is 465 g/mol. The van der Waals surface area contributed by atoms with Crippen LogP contribution in [-0.4, -0.2) is 35.4 Å². The Morgan fingerprint density at radius 3 is 2.29 bits per heavy atom. The zero-order chi connectivity index (χ0) is 23.1. The largest absolute Gasteiger partial charge is 0.484 e. The van der Waals surface area contributed by atoms with Crippen molar-refractivity contribution in [2.24, 2.45) is 0 Å². The Bertz CT molecular complexity index is 913. The van der Waals surface area contributed by atoms with Gasteiger partial charge in [-0.15, -0.1) is 0 Å². The van der Waals surface area contributed by atoms with Crippen molar-refractivity contribution in [2.45, 2.75) is 59.7 Å². The Hall–Kier alpha value is -2.24. The highest BCUT2D eigenvalue weighted by Gasteiger charge is 2.27. The molecule has 2 unspecified atom stereocenters. The monoisotopic (exact) mass is 464 g/mol. The molecule has 168 valence electrons. The van der Waals surface area contributed by atoms with Gasteiger partial charge in [0.1, 0.15) is 11.8 Å². The van der Waals surface area contributed by atoms with E-state index in [1.54, 1.807) is 25.1 Å². The second-order valence-corrected chi connectivity index (χ2v) is 8.71. The summed E-state index contributed by atoms with van der Waals surface area (Å²) in [4.78, 5) is 27.4. The molecule has 0 aliphatic heterocycles. The van der Waals surface area contributed by atoms with Crippen molar-refractivity contribution < 1.29 is 14.3 Å². The molecule has 0 aliphatic carbocycles. The zero-order valence-electron chi connectivity index (χ0n) is 18.7. The van der Waals surface area contributed by atoms with Crippen LogP contribution in [0.1, 0.15) is 43.9 Å². The maximum absolute atomic E-state index is 13.1. The number of rotatable bonds is 9. The molecular weight excluding hydrogens is 435 g/mol. The van der Waals surface area contributed by atoms with E-state index in [2.05, 4.69) is 5.32 Å². The summed E-state index contributed by atoms with van der Waals surface area (Å²) in [6.07, 6.45) is 0.797. The quantitative estimate of drug-likeness (QED) is 0.545. The smallest absolute Gasteiger partial charge is 0.261 e. The number of hydrogen-bond donors (Lipinski definition) is 1. The molecule has 31 heavy (non-hydrogen) atoms. The molecule has 0 saturated heterocycles. The second-order valence-electron chi connectivity index (χ2n) is 7.86. The Morgan fingerprint density at radius 2 is 1.71 bits per heavy atom. The number of nitrogens with one attached hydrogen (secondary N) is 1. The summed E-state index contributed by atoms with van der Waals surface area (Å²) in [6.45, 7) is 9.54. The zero-order valence-corrected chi connectivity index (χ0v) is 20.2. The van der Waals surface area contributed by atoms with Gasteiger partial charge in [0.05, 0.1) is 0 Å². The van der Waals surface area contributed by atoms with Gasteiger partial charge in [-0.2, -0.15) is 0 Å². The Kier molecular flexibility index (Phi) is 9.20. The van der Waals surface area contributed by atoms with Crippen LogP contribution in [0.25, 0.3) is 0 Å². The van der Waals surface area contributed by atoms with Crippen LogP contribution in [0.5, 0.6) is 5.75 Å². The maximum Gasteiger partial charge on any atom is 0.261 e. The Labute approximate surface area is 194 Å². The molecule has 2 amide bonds. The number of amides is 2. The normalized spacial score (nSPS) is 12.7. The number of carbonyl (C=O) groups excluding carboxylic acids is 2. The third-order valence-electron chi connectivity index (χ3n) is 5.08. The lowest BCUT2D eigenvalue weighted by atomic mass is 10.1. The molecule has 0 heterocycles. The molecule has 0 bridgehead atoms. The molecule has 0 spiro atoms. The van der Waals surface area contributed by atoms with E-state index in [1.807, 2.05) is 45.9 Å². The minimum absolute atomic E-state index is 0.0116. The summed E-state index contributed by atoms with van der Waals surface area (Å²) in [7, 11) is 0. The fourth-order valence-corrected chi connectivity index (χ4v) is 3.59. The van der Waals surface area contributed by atoms with Gasteiger partial charge in [0, 0.05) is 22.6 Å². The molecule has 0 aliphatic rings. The van der Waals surface area contributed by atoms with Crippen LogP contribution < -0.4 is 10.1 Å². The topological polar surface area (TPSA) is 58.6 Å². The van der Waals surface area contributed by atoms with E-state index in [-0.39, 0.29) is 31.0 Å². The number of carbonyl (C=O) groups is 2. The van der Waals surface area contributed by atoms with Crippen LogP contribution in [0, 0.1) is 13.8 Å². The van der Waals surface area contributed by atoms with Crippen molar-refractivity contribution >= 4 is 35.0 Å². The first-order chi connectivity index (χ1) is 14.6. The second kappa shape index (κ2) is 11.4. The SMILES string of the molecule is CCC(C)NC(=O)C(C)N(Cc1ccc(Cl)cc1Cl)C(=O)COc1cc(C)cc(C)c1. The molecule has 7 heteroatoms. The number of halogens is 2. The number of nitrogens with zero attached hydrogens (tertiary/aromatic N) is 1. The number of hydrogen-bond acceptors (Lipinski definition) is 3. The van der Waals surface area contributed by atoms with Crippen molar-refractivity contribution in [1.82, 2.24) is 10.2 Å². The minimum atomic E-state index is -0.698. The predicted molar refractivity (Wildman–Crippen MR) is 126 cm³/mol. The van der Waals surface area contributed by atoms with Gasteiger partial charge in [-0.25, -0.2) is 0 Å². The molecule has 2 atom stereocenters. The van der Waals surface area contributed by atoms with Gasteiger partial charge in [-0.1, -0.05) is 42.3 Å². The summed E-state index contributed by atoms with van der Waals surface area (Å²) in [5.74, 6) is 0.0863. The Balaban J connectivity index is 2.22. The first-order valence-corrected chi connectivity index (χ1v) is 11.1. The Morgan fingerprint density at radius 1 is 1.06 bits per heavy atom. The fourth-order valence-electron chi connectivity index (χ4n) is 3.13. The third-order valence-corrected chi connectivity index (χ3v) is 5.67. The molecular formula is C24H30Cl2N2O3. The van der Waals surface area contributed by atoms with Crippen LogP contribution in [0.2, 0.25) is 10.0 Å². The van der Waals surface area contributed by atoms with Gasteiger partial charge in [-0.05, 0) is 75.1 Å². The van der Waals surface area contributed by atoms with Crippen LogP contribution in [0.3, 0.4) is 0 Å². The lowest BCUT2D eigenvalue weighted by Gasteiger charge is -2.30. The highest BCUT2D eigenvalue weighted by molar-refractivity contribution is 6.35. The van der Waals surface area contributed by atoms with Crippen molar-refractivity contribution in [2.75, 3.05) is 6.61 Å². The summed E-state index contributed by atoms with van der Waals surface area (Å²) in [5, 5.41) is 3.88. The molecule has 0 fully saturated rings. The van der Waals surface area contributed by atoms with Crippen molar-refractivity contribution in [3.63, 3.8) is 0 Å². The summed E-state index contributed by atoms with van der Waals surface area (Å²) in [6, 6.07) is 10.2. The lowest BCUT2D eigenvalue weighted by molar-refractivity contribution is -0.142. The first-order valence-electron chi connectivity index (χ1n) is 10.4. The van der Waals surface area contributed by atoms with Gasteiger partial charge in [0.15, 0.2) is 6.61 Å². The van der Waals surface area contributed by atoms with Gasteiger partial charge in [0.2, 0.25) is 5.91 Å². The molecule has 0 saturated carbocycles. The van der Waals surface area contributed by atoms with Crippen LogP contribution in [-0.2, 0) is 16.1 Å². The van der Waals surface area contributed by atoms with Gasteiger partial charge < -0.3 is 15.0 Å². The first kappa shape index (κ1) is 25.0. The van der Waals surface area contributed by atoms with E-state index in [1.165, 1.54) is 4.90 Å². The van der Waals surface area contributed by atoms with Crippen LogP contribution in [0.4, 0.5) is 0 Å². The molecule has 1 N–H and O–H groups in total. The number of benzene rings is 2. The highest BCUT2D eigenvalue weighted by atomic mass is 35.5. The fraction of sp³-hybridized carbons (Fsp3) is 0.417. The van der Waals surface area contributed by atoms with Crippen molar-refractivity contribution in [3.8, 4) is 5.75 Å². The van der Waals surface area contributed by atoms with Gasteiger partial charge in [-0.3, -0.25) is 9.59 Å². The number of aryl methyl sites for hydroxylation is 2. The molecule has 0 aromatic heterocycles. The molecule has 0 radical (unpaired) electrons. The van der Waals surface area contributed by atoms with Gasteiger partial charge >= 0.3 is 0 Å². The van der Waals surface area contributed by atoms with E-state index < -0.39 is 6.04 Å². The summed E-state index contributed by atoms with van der Waals surface area (Å²) in [5.41, 5.74) is 2.80. The average Bonchev–Trinajstić information content (AvgIpc) is 2.70. The molecule has 2 aromatic rings. The van der Waals surface area contributed by atoms with E-state index in [4.69, 9.17) is 27.9 Å². The van der Waals surface area contributed by atoms with Crippen molar-refractivity contribution in [3.05, 3.63) is 63.1 Å². The molecule has 2 rings (SSSR count). The number of ether oxygens (including phenoxy) is 1. The van der Waals surface area contributed by atoms with E-state index >= 15 is 0 Å². The lowest BCUT2D eigenvalue weighted by Crippen LogP contribution is -2.50. The van der Waals surface area contributed by atoms with Crippen LogP contribution in [0.15, 0.2) is 36.4 Å². The maximum atomic E-state index is 13.1. The molecule has 2 aromatic carbocycles. The van der Waals surface area contributed by atoms with E-state index in [9.17, 15) is 9.59 Å².